The van der Waals surface area contributed by atoms with Crippen molar-refractivity contribution in [1.82, 2.24) is 10.2 Å². The smallest absolute Gasteiger partial charge is 0.269 e. The van der Waals surface area contributed by atoms with Crippen LogP contribution in [0.15, 0.2) is 83.8 Å². The average Bonchev–Trinajstić information content (AvgIpc) is 3.31. The van der Waals surface area contributed by atoms with Crippen LogP contribution in [0.5, 0.6) is 0 Å². The fourth-order valence-corrected chi connectivity index (χ4v) is 5.56. The molecule has 10 nitrogen and oxygen atoms in total. The number of sulfonamides is 1. The van der Waals surface area contributed by atoms with E-state index in [9.17, 15) is 28.1 Å². The van der Waals surface area contributed by atoms with Crippen LogP contribution in [0, 0.1) is 10.1 Å². The van der Waals surface area contributed by atoms with Crippen LogP contribution in [0.25, 0.3) is 0 Å². The highest BCUT2D eigenvalue weighted by Gasteiger charge is 2.28. The molecule has 1 heterocycles. The lowest BCUT2D eigenvalue weighted by atomic mass is 10.1. The number of anilines is 1. The molecule has 0 saturated carbocycles. The Kier molecular flexibility index (Phi) is 7.83. The molecule has 3 aromatic rings. The average molecular weight is 523 g/mol. The van der Waals surface area contributed by atoms with E-state index in [0.717, 1.165) is 21.9 Å². The monoisotopic (exact) mass is 522 g/mol. The highest BCUT2D eigenvalue weighted by atomic mass is 32.2. The first-order chi connectivity index (χ1) is 17.8. The van der Waals surface area contributed by atoms with Gasteiger partial charge in [0, 0.05) is 38.2 Å². The molecule has 1 fully saturated rings. The first-order valence-electron chi connectivity index (χ1n) is 11.7. The molecule has 192 valence electrons. The molecule has 4 rings (SSSR count). The van der Waals surface area contributed by atoms with Crippen molar-refractivity contribution in [2.75, 3.05) is 17.4 Å². The van der Waals surface area contributed by atoms with E-state index in [0.29, 0.717) is 19.5 Å². The first kappa shape index (κ1) is 25.8. The number of hydrogen-bond acceptors (Lipinski definition) is 6. The number of likely N-dealkylation sites (tertiary alicyclic amines) is 1. The summed E-state index contributed by atoms with van der Waals surface area (Å²) in [5.74, 6) is -0.450. The number of nitro benzene ring substituents is 1. The number of nitrogens with zero attached hydrogens (tertiary/aromatic N) is 3. The molecule has 2 amide bonds. The lowest BCUT2D eigenvalue weighted by Crippen LogP contribution is -2.40. The topological polar surface area (TPSA) is 130 Å². The predicted octanol–water partition coefficient (Wildman–Crippen LogP) is 3.23. The van der Waals surface area contributed by atoms with Crippen LogP contribution in [-0.2, 0) is 32.7 Å². The van der Waals surface area contributed by atoms with Crippen molar-refractivity contribution in [1.29, 1.82) is 0 Å². The summed E-state index contributed by atoms with van der Waals surface area (Å²) in [4.78, 5) is 37.2. The number of non-ortho nitro benzene ring substituents is 1. The summed E-state index contributed by atoms with van der Waals surface area (Å²) in [6, 6.07) is 20.1. The van der Waals surface area contributed by atoms with Gasteiger partial charge in [-0.25, -0.2) is 8.42 Å². The van der Waals surface area contributed by atoms with Crippen LogP contribution >= 0.6 is 0 Å². The molecular formula is C26H26N4O6S. The lowest BCUT2D eigenvalue weighted by molar-refractivity contribution is -0.384. The van der Waals surface area contributed by atoms with Gasteiger partial charge in [-0.2, -0.15) is 0 Å². The molecule has 0 aromatic heterocycles. The molecule has 1 N–H and O–H groups in total. The van der Waals surface area contributed by atoms with Gasteiger partial charge < -0.3 is 10.2 Å². The number of amides is 2. The van der Waals surface area contributed by atoms with Gasteiger partial charge in [-0.05, 0) is 41.8 Å². The molecule has 11 heteroatoms. The van der Waals surface area contributed by atoms with Crippen LogP contribution < -0.4 is 9.62 Å². The third-order valence-electron chi connectivity index (χ3n) is 6.09. The van der Waals surface area contributed by atoms with Crippen molar-refractivity contribution in [3.8, 4) is 0 Å². The summed E-state index contributed by atoms with van der Waals surface area (Å²) in [5, 5.41) is 13.8. The van der Waals surface area contributed by atoms with Gasteiger partial charge in [0.25, 0.3) is 15.7 Å². The van der Waals surface area contributed by atoms with Crippen molar-refractivity contribution in [3.05, 3.63) is 100 Å². The maximum atomic E-state index is 13.4. The minimum absolute atomic E-state index is 0.0122. The van der Waals surface area contributed by atoms with Gasteiger partial charge in [0.05, 0.1) is 15.5 Å². The Bertz CT molecular complexity index is 1390. The van der Waals surface area contributed by atoms with Crippen molar-refractivity contribution in [3.63, 3.8) is 0 Å². The predicted molar refractivity (Wildman–Crippen MR) is 137 cm³/mol. The van der Waals surface area contributed by atoms with E-state index in [1.807, 2.05) is 24.3 Å². The third kappa shape index (κ3) is 6.12. The van der Waals surface area contributed by atoms with Crippen LogP contribution in [0.2, 0.25) is 0 Å². The van der Waals surface area contributed by atoms with Gasteiger partial charge in [0.2, 0.25) is 11.8 Å². The second kappa shape index (κ2) is 11.2. The van der Waals surface area contributed by atoms with Crippen LogP contribution in [-0.4, -0.2) is 43.1 Å². The molecule has 37 heavy (non-hydrogen) atoms. The molecular weight excluding hydrogens is 496 g/mol. The summed E-state index contributed by atoms with van der Waals surface area (Å²) in [7, 11) is -4.14. The molecule has 0 bridgehead atoms. The fourth-order valence-electron chi connectivity index (χ4n) is 4.12. The molecule has 0 atom stereocenters. The minimum atomic E-state index is -4.14. The number of benzene rings is 3. The van der Waals surface area contributed by atoms with Crippen molar-refractivity contribution in [2.24, 2.45) is 0 Å². The van der Waals surface area contributed by atoms with E-state index in [1.165, 1.54) is 36.4 Å². The summed E-state index contributed by atoms with van der Waals surface area (Å²) in [6.45, 7) is 0.765. The second-order valence-corrected chi connectivity index (χ2v) is 10.4. The van der Waals surface area contributed by atoms with E-state index in [1.54, 1.807) is 23.1 Å². The van der Waals surface area contributed by atoms with Crippen molar-refractivity contribution in [2.45, 2.75) is 30.8 Å². The van der Waals surface area contributed by atoms with Crippen molar-refractivity contribution < 1.29 is 22.9 Å². The second-order valence-electron chi connectivity index (χ2n) is 8.56. The highest BCUT2D eigenvalue weighted by Crippen LogP contribution is 2.26. The zero-order chi connectivity index (χ0) is 26.4. The van der Waals surface area contributed by atoms with Crippen LogP contribution in [0.3, 0.4) is 0 Å². The SMILES string of the molecule is O=C(CN(c1ccc([N+](=O)[O-])cc1)S(=O)(=O)c1ccccc1)NCc1ccccc1CN1CCCC1=O. The van der Waals surface area contributed by atoms with Gasteiger partial charge in [0.15, 0.2) is 0 Å². The largest absolute Gasteiger partial charge is 0.350 e. The Hall–Kier alpha value is -4.25. The number of carbonyl (C=O) groups is 2. The third-order valence-corrected chi connectivity index (χ3v) is 7.88. The number of hydrogen-bond donors (Lipinski definition) is 1. The summed E-state index contributed by atoms with van der Waals surface area (Å²) in [6.07, 6.45) is 1.36. The maximum absolute atomic E-state index is 13.4. The summed E-state index contributed by atoms with van der Waals surface area (Å²) < 4.78 is 27.8. The molecule has 0 spiro atoms. The molecule has 3 aromatic carbocycles. The fraction of sp³-hybridized carbons (Fsp3) is 0.231. The van der Waals surface area contributed by atoms with E-state index in [-0.39, 0.29) is 28.7 Å². The normalized spacial score (nSPS) is 13.4. The van der Waals surface area contributed by atoms with Gasteiger partial charge >= 0.3 is 0 Å². The number of nitro groups is 1. The van der Waals surface area contributed by atoms with E-state index >= 15 is 0 Å². The van der Waals surface area contributed by atoms with Gasteiger partial charge in [-0.3, -0.25) is 24.0 Å². The Morgan fingerprint density at radius 2 is 1.62 bits per heavy atom. The summed E-state index contributed by atoms with van der Waals surface area (Å²) in [5.41, 5.74) is 1.65. The number of carbonyl (C=O) groups excluding carboxylic acids is 2. The number of nitrogens with one attached hydrogen (secondary N) is 1. The molecule has 0 unspecified atom stereocenters. The Morgan fingerprint density at radius 3 is 2.24 bits per heavy atom. The maximum Gasteiger partial charge on any atom is 0.269 e. The minimum Gasteiger partial charge on any atom is -0.350 e. The van der Waals surface area contributed by atoms with Crippen LogP contribution in [0.4, 0.5) is 11.4 Å². The van der Waals surface area contributed by atoms with Gasteiger partial charge in [0.1, 0.15) is 6.54 Å². The number of rotatable bonds is 10. The van der Waals surface area contributed by atoms with E-state index in [4.69, 9.17) is 0 Å². The Labute approximate surface area is 214 Å². The molecule has 1 aliphatic heterocycles. The standard InChI is InChI=1S/C26H26N4O6S/c31-25(27-17-20-7-4-5-8-21(20)18-28-16-6-11-26(28)32)19-29(22-12-14-23(15-13-22)30(33)34)37(35,36)24-9-2-1-3-10-24/h1-5,7-10,12-15H,6,11,16-19H2,(H,27,31). The Balaban J connectivity index is 1.53. The first-order valence-corrected chi connectivity index (χ1v) is 13.1. The zero-order valence-electron chi connectivity index (χ0n) is 19.9. The molecule has 1 saturated heterocycles. The van der Waals surface area contributed by atoms with Gasteiger partial charge in [-0.15, -0.1) is 0 Å². The zero-order valence-corrected chi connectivity index (χ0v) is 20.8. The summed E-state index contributed by atoms with van der Waals surface area (Å²) >= 11 is 0. The van der Waals surface area contributed by atoms with E-state index in [2.05, 4.69) is 5.32 Å². The Morgan fingerprint density at radius 1 is 0.973 bits per heavy atom. The van der Waals surface area contributed by atoms with Crippen LogP contribution in [0.1, 0.15) is 24.0 Å². The lowest BCUT2D eigenvalue weighted by Gasteiger charge is -2.24. The quantitative estimate of drug-likeness (QED) is 0.321. The van der Waals surface area contributed by atoms with Gasteiger partial charge in [-0.1, -0.05) is 42.5 Å². The van der Waals surface area contributed by atoms with E-state index < -0.39 is 27.4 Å². The molecule has 1 aliphatic rings. The molecule has 0 aliphatic carbocycles. The highest BCUT2D eigenvalue weighted by molar-refractivity contribution is 7.92. The molecule has 0 radical (unpaired) electrons. The van der Waals surface area contributed by atoms with Crippen molar-refractivity contribution >= 4 is 33.2 Å².